The van der Waals surface area contributed by atoms with Crippen LogP contribution in [0.4, 0.5) is 17.1 Å². The highest BCUT2D eigenvalue weighted by Crippen LogP contribution is 2.51. The molecule has 0 saturated carbocycles. The van der Waals surface area contributed by atoms with Gasteiger partial charge in [0.2, 0.25) is 0 Å². The van der Waals surface area contributed by atoms with Gasteiger partial charge in [-0.15, -0.1) is 11.3 Å². The van der Waals surface area contributed by atoms with E-state index in [1.54, 1.807) is 0 Å². The van der Waals surface area contributed by atoms with Crippen molar-refractivity contribution in [3.05, 3.63) is 218 Å². The first kappa shape index (κ1) is 36.1. The molecule has 14 aromatic rings. The number of benzene rings is 10. The molecule has 4 heterocycles. The third-order valence-corrected chi connectivity index (χ3v) is 14.4. The molecule has 10 aromatic carbocycles. The van der Waals surface area contributed by atoms with Crippen LogP contribution in [0.3, 0.4) is 0 Å². The van der Waals surface area contributed by atoms with Gasteiger partial charge in [-0.05, 0) is 90.0 Å². The second-order valence-corrected chi connectivity index (χ2v) is 17.8. The first-order valence-corrected chi connectivity index (χ1v) is 22.8. The highest BCUT2D eigenvalue weighted by molar-refractivity contribution is 7.25. The molecule has 0 fully saturated rings. The molecular weight excluding hydrogens is 813 g/mol. The molecule has 4 nitrogen and oxygen atoms in total. The molecular formula is C60H36N2O2S. The minimum absolute atomic E-state index is 0.820. The van der Waals surface area contributed by atoms with Crippen molar-refractivity contribution in [1.29, 1.82) is 0 Å². The monoisotopic (exact) mass is 848 g/mol. The van der Waals surface area contributed by atoms with E-state index in [0.717, 1.165) is 88.9 Å². The third kappa shape index (κ3) is 5.43. The molecule has 0 aliphatic heterocycles. The summed E-state index contributed by atoms with van der Waals surface area (Å²) in [5.41, 5.74) is 14.0. The summed E-state index contributed by atoms with van der Waals surface area (Å²) in [4.78, 5) is 2.40. The van der Waals surface area contributed by atoms with Crippen LogP contribution in [0.1, 0.15) is 0 Å². The fourth-order valence-electron chi connectivity index (χ4n) is 10.3. The second-order valence-electron chi connectivity index (χ2n) is 16.8. The molecule has 0 aliphatic carbocycles. The van der Waals surface area contributed by atoms with Crippen molar-refractivity contribution in [2.24, 2.45) is 0 Å². The van der Waals surface area contributed by atoms with Crippen LogP contribution in [0.5, 0.6) is 0 Å². The molecule has 0 unspecified atom stereocenters. The quantitative estimate of drug-likeness (QED) is 0.167. The second kappa shape index (κ2) is 14.1. The number of anilines is 3. The van der Waals surface area contributed by atoms with E-state index in [2.05, 4.69) is 216 Å². The molecule has 0 spiro atoms. The maximum Gasteiger partial charge on any atom is 0.159 e. The number of para-hydroxylation sites is 6. The third-order valence-electron chi connectivity index (χ3n) is 13.2. The first-order valence-electron chi connectivity index (χ1n) is 22.0. The predicted molar refractivity (Wildman–Crippen MR) is 274 cm³/mol. The lowest BCUT2D eigenvalue weighted by Gasteiger charge is -2.30. The molecule has 0 saturated heterocycles. The number of fused-ring (bicyclic) bond motifs is 12. The number of hydrogen-bond acceptors (Lipinski definition) is 4. The van der Waals surface area contributed by atoms with Gasteiger partial charge < -0.3 is 18.3 Å². The molecule has 14 rings (SSSR count). The summed E-state index contributed by atoms with van der Waals surface area (Å²) in [5.74, 6) is 0. The standard InChI is InChI=1S/C60H36N2O2S/c1-7-21-49(40(14-1)38-30-35-57-48(36-38)45-19-6-12-27-56(45)65-57)62(53-24-13-20-46-43-17-4-10-25-54(43)63-59(46)53)52-34-33-47-44-18-5-11-26-55(44)64-60(47)58(52)37-28-31-39(32-29-37)61-50-22-8-2-15-41(50)42-16-3-9-23-51(42)61/h1-36H. The van der Waals surface area contributed by atoms with Gasteiger partial charge in [0.15, 0.2) is 5.58 Å². The highest BCUT2D eigenvalue weighted by Gasteiger charge is 2.27. The van der Waals surface area contributed by atoms with Gasteiger partial charge in [0.05, 0.1) is 28.1 Å². The number of aromatic nitrogens is 1. The Balaban J connectivity index is 1.05. The van der Waals surface area contributed by atoms with Crippen molar-refractivity contribution in [1.82, 2.24) is 4.57 Å². The van der Waals surface area contributed by atoms with Gasteiger partial charge in [-0.25, -0.2) is 0 Å². The van der Waals surface area contributed by atoms with E-state index in [-0.39, 0.29) is 0 Å². The van der Waals surface area contributed by atoms with E-state index >= 15 is 0 Å². The van der Waals surface area contributed by atoms with Crippen molar-refractivity contribution in [3.8, 4) is 27.9 Å². The molecule has 0 amide bonds. The van der Waals surface area contributed by atoms with Crippen LogP contribution < -0.4 is 4.90 Å². The zero-order valence-electron chi connectivity index (χ0n) is 34.9. The Hall–Kier alpha value is -8.38. The summed E-state index contributed by atoms with van der Waals surface area (Å²) in [6.45, 7) is 0. The summed E-state index contributed by atoms with van der Waals surface area (Å²) in [6, 6.07) is 78.4. The van der Waals surface area contributed by atoms with Crippen LogP contribution in [-0.4, -0.2) is 4.57 Å². The zero-order valence-corrected chi connectivity index (χ0v) is 35.7. The lowest BCUT2D eigenvalue weighted by molar-refractivity contribution is 0.668. The van der Waals surface area contributed by atoms with Crippen molar-refractivity contribution in [3.63, 3.8) is 0 Å². The van der Waals surface area contributed by atoms with E-state index < -0.39 is 0 Å². The van der Waals surface area contributed by atoms with Gasteiger partial charge in [0.25, 0.3) is 0 Å². The van der Waals surface area contributed by atoms with E-state index in [1.165, 1.54) is 42.0 Å². The maximum absolute atomic E-state index is 6.99. The summed E-state index contributed by atoms with van der Waals surface area (Å²) in [7, 11) is 0. The smallest absolute Gasteiger partial charge is 0.159 e. The summed E-state index contributed by atoms with van der Waals surface area (Å²) >= 11 is 1.84. The van der Waals surface area contributed by atoms with E-state index in [1.807, 2.05) is 23.5 Å². The van der Waals surface area contributed by atoms with Crippen molar-refractivity contribution in [2.75, 3.05) is 4.90 Å². The number of thiophene rings is 1. The van der Waals surface area contributed by atoms with Crippen LogP contribution >= 0.6 is 11.3 Å². The minimum atomic E-state index is 0.820. The van der Waals surface area contributed by atoms with E-state index in [9.17, 15) is 0 Å². The molecule has 5 heteroatoms. The Bertz CT molecular complexity index is 4150. The van der Waals surface area contributed by atoms with Crippen molar-refractivity contribution < 1.29 is 8.83 Å². The minimum Gasteiger partial charge on any atom is -0.455 e. The average molecular weight is 849 g/mol. The fraction of sp³-hybridized carbons (Fsp3) is 0. The van der Waals surface area contributed by atoms with Gasteiger partial charge in [-0.3, -0.25) is 0 Å². The molecule has 0 aliphatic rings. The van der Waals surface area contributed by atoms with Crippen LogP contribution in [0.25, 0.3) is 114 Å². The summed E-state index contributed by atoms with van der Waals surface area (Å²) < 4.78 is 18.8. The summed E-state index contributed by atoms with van der Waals surface area (Å²) in [5, 5.41) is 9.31. The normalized spacial score (nSPS) is 12.0. The Morgan fingerprint density at radius 2 is 0.908 bits per heavy atom. The molecule has 4 aromatic heterocycles. The van der Waals surface area contributed by atoms with Gasteiger partial charge in [0.1, 0.15) is 16.7 Å². The van der Waals surface area contributed by atoms with Crippen molar-refractivity contribution in [2.45, 2.75) is 0 Å². The van der Waals surface area contributed by atoms with Gasteiger partial charge in [0, 0.05) is 69.3 Å². The predicted octanol–water partition coefficient (Wildman–Crippen LogP) is 17.8. The lowest BCUT2D eigenvalue weighted by atomic mass is 9.96. The van der Waals surface area contributed by atoms with Crippen molar-refractivity contribution >= 4 is 114 Å². The van der Waals surface area contributed by atoms with Crippen LogP contribution in [0.2, 0.25) is 0 Å². The first-order chi connectivity index (χ1) is 32.2. The zero-order chi connectivity index (χ0) is 42.6. The molecule has 65 heavy (non-hydrogen) atoms. The van der Waals surface area contributed by atoms with E-state index in [0.29, 0.717) is 0 Å². The lowest BCUT2D eigenvalue weighted by Crippen LogP contribution is -2.13. The van der Waals surface area contributed by atoms with Gasteiger partial charge in [-0.2, -0.15) is 0 Å². The number of furan rings is 2. The molecule has 0 atom stereocenters. The van der Waals surface area contributed by atoms with Gasteiger partial charge in [-0.1, -0.05) is 140 Å². The Kier molecular flexibility index (Phi) is 7.82. The number of rotatable bonds is 6. The Labute approximate surface area is 377 Å². The molecule has 0 radical (unpaired) electrons. The highest BCUT2D eigenvalue weighted by atomic mass is 32.1. The molecule has 0 N–H and O–H groups in total. The van der Waals surface area contributed by atoms with Crippen LogP contribution in [0.15, 0.2) is 227 Å². The average Bonchev–Trinajstić information content (AvgIpc) is 4.13. The number of hydrogen-bond donors (Lipinski definition) is 0. The largest absolute Gasteiger partial charge is 0.455 e. The fourth-order valence-corrected chi connectivity index (χ4v) is 11.4. The number of nitrogens with zero attached hydrogens (tertiary/aromatic N) is 2. The van der Waals surface area contributed by atoms with Gasteiger partial charge >= 0.3 is 0 Å². The van der Waals surface area contributed by atoms with Crippen LogP contribution in [-0.2, 0) is 0 Å². The Morgan fingerprint density at radius 1 is 0.354 bits per heavy atom. The molecule has 304 valence electrons. The maximum atomic E-state index is 6.99. The van der Waals surface area contributed by atoms with Crippen LogP contribution in [0, 0.1) is 0 Å². The summed E-state index contributed by atoms with van der Waals surface area (Å²) in [6.07, 6.45) is 0. The SMILES string of the molecule is c1ccc(N(c2ccc3c(oc4ccccc43)c2-c2ccc(-n3c4ccccc4c4ccccc43)cc2)c2cccc3c2oc2ccccc23)c(-c2ccc3sc4ccccc4c3c2)c1. The Morgan fingerprint density at radius 3 is 1.66 bits per heavy atom. The topological polar surface area (TPSA) is 34.5 Å². The molecule has 0 bridgehead atoms. The van der Waals surface area contributed by atoms with E-state index in [4.69, 9.17) is 8.83 Å².